The Hall–Kier alpha value is 0.01000. The van der Waals surface area contributed by atoms with E-state index >= 15 is 0 Å². The van der Waals surface area contributed by atoms with Gasteiger partial charge < -0.3 is 10.2 Å². The van der Waals surface area contributed by atoms with Gasteiger partial charge in [0, 0.05) is 13.1 Å². The molecule has 1 unspecified atom stereocenters. The fraction of sp³-hybridized carbons (Fsp3) is 0.571. The number of halogens is 3. The highest BCUT2D eigenvalue weighted by molar-refractivity contribution is 6.42. The van der Waals surface area contributed by atoms with E-state index < -0.39 is 0 Å². The molecule has 0 amide bonds. The lowest BCUT2D eigenvalue weighted by molar-refractivity contribution is 0.237. The SMILES string of the molecule is CN(Cc1ccc(Cl)c(Cl)c1)CC1CCCNC1.Cl. The number of nitrogens with zero attached hydrogens (tertiary/aromatic N) is 1. The zero-order valence-electron chi connectivity index (χ0n) is 11.2. The van der Waals surface area contributed by atoms with Crippen molar-refractivity contribution in [1.29, 1.82) is 0 Å². The maximum atomic E-state index is 6.03. The molecule has 1 aromatic rings. The highest BCUT2D eigenvalue weighted by Gasteiger charge is 2.15. The third kappa shape index (κ3) is 5.49. The van der Waals surface area contributed by atoms with Crippen molar-refractivity contribution >= 4 is 35.6 Å². The van der Waals surface area contributed by atoms with Crippen molar-refractivity contribution in [1.82, 2.24) is 10.2 Å². The highest BCUT2D eigenvalue weighted by Crippen LogP contribution is 2.23. The van der Waals surface area contributed by atoms with Gasteiger partial charge in [0.25, 0.3) is 0 Å². The van der Waals surface area contributed by atoms with Crippen molar-refractivity contribution in [3.8, 4) is 0 Å². The molecule has 1 aromatic carbocycles. The monoisotopic (exact) mass is 322 g/mol. The Bertz CT molecular complexity index is 392. The molecule has 1 aliphatic heterocycles. The van der Waals surface area contributed by atoms with E-state index in [-0.39, 0.29) is 12.4 Å². The van der Waals surface area contributed by atoms with E-state index in [1.807, 2.05) is 18.2 Å². The molecule has 1 saturated heterocycles. The number of piperidine rings is 1. The zero-order valence-corrected chi connectivity index (χ0v) is 13.5. The Kier molecular flexibility index (Phi) is 7.48. The molecule has 1 aliphatic rings. The largest absolute Gasteiger partial charge is 0.316 e. The second-order valence-corrected chi connectivity index (χ2v) is 5.97. The lowest BCUT2D eigenvalue weighted by Gasteiger charge is -2.27. The lowest BCUT2D eigenvalue weighted by atomic mass is 9.99. The second kappa shape index (κ2) is 8.33. The fourth-order valence-electron chi connectivity index (χ4n) is 2.53. The molecular weight excluding hydrogens is 303 g/mol. The van der Waals surface area contributed by atoms with Gasteiger partial charge in [-0.2, -0.15) is 0 Å². The molecule has 19 heavy (non-hydrogen) atoms. The van der Waals surface area contributed by atoms with Crippen LogP contribution in [-0.2, 0) is 6.54 Å². The zero-order chi connectivity index (χ0) is 13.0. The maximum Gasteiger partial charge on any atom is 0.0595 e. The Balaban J connectivity index is 0.00000180. The van der Waals surface area contributed by atoms with Crippen LogP contribution < -0.4 is 5.32 Å². The summed E-state index contributed by atoms with van der Waals surface area (Å²) in [6, 6.07) is 5.87. The molecular formula is C14H21Cl3N2. The summed E-state index contributed by atoms with van der Waals surface area (Å²) in [6.07, 6.45) is 2.63. The van der Waals surface area contributed by atoms with Gasteiger partial charge in [0.15, 0.2) is 0 Å². The third-order valence-electron chi connectivity index (χ3n) is 3.41. The van der Waals surface area contributed by atoms with Gasteiger partial charge >= 0.3 is 0 Å². The number of hydrogen-bond acceptors (Lipinski definition) is 2. The van der Waals surface area contributed by atoms with Crippen LogP contribution >= 0.6 is 35.6 Å². The van der Waals surface area contributed by atoms with Gasteiger partial charge in [-0.1, -0.05) is 29.3 Å². The summed E-state index contributed by atoms with van der Waals surface area (Å²) in [4.78, 5) is 2.36. The van der Waals surface area contributed by atoms with Crippen LogP contribution in [0.25, 0.3) is 0 Å². The standard InChI is InChI=1S/C14H20Cl2N2.ClH/c1-18(10-12-3-2-6-17-8-12)9-11-4-5-13(15)14(16)7-11;/h4-5,7,12,17H,2-3,6,8-10H2,1H3;1H. The predicted molar refractivity (Wildman–Crippen MR) is 85.6 cm³/mol. The van der Waals surface area contributed by atoms with Crippen LogP contribution in [0.15, 0.2) is 18.2 Å². The average molecular weight is 324 g/mol. The van der Waals surface area contributed by atoms with E-state index in [0.29, 0.717) is 10.0 Å². The van der Waals surface area contributed by atoms with Gasteiger partial charge in [-0.3, -0.25) is 0 Å². The molecule has 0 spiro atoms. The molecule has 0 bridgehead atoms. The molecule has 5 heteroatoms. The molecule has 1 N–H and O–H groups in total. The number of nitrogens with one attached hydrogen (secondary N) is 1. The van der Waals surface area contributed by atoms with Crippen LogP contribution in [0.2, 0.25) is 10.0 Å². The minimum Gasteiger partial charge on any atom is -0.316 e. The summed E-state index contributed by atoms with van der Waals surface area (Å²) in [5.74, 6) is 0.770. The quantitative estimate of drug-likeness (QED) is 0.905. The summed E-state index contributed by atoms with van der Waals surface area (Å²) in [5, 5.41) is 4.72. The van der Waals surface area contributed by atoms with Gasteiger partial charge in [-0.05, 0) is 56.6 Å². The summed E-state index contributed by atoms with van der Waals surface area (Å²) in [5.41, 5.74) is 1.22. The topological polar surface area (TPSA) is 15.3 Å². The second-order valence-electron chi connectivity index (χ2n) is 5.16. The normalized spacial score (nSPS) is 19.3. The van der Waals surface area contributed by atoms with Gasteiger partial charge in [0.1, 0.15) is 0 Å². The number of hydrogen-bond donors (Lipinski definition) is 1. The van der Waals surface area contributed by atoms with Gasteiger partial charge in [0.2, 0.25) is 0 Å². The van der Waals surface area contributed by atoms with Crippen molar-refractivity contribution in [3.63, 3.8) is 0 Å². The summed E-state index contributed by atoms with van der Waals surface area (Å²) in [6.45, 7) is 4.37. The first-order valence-electron chi connectivity index (χ1n) is 6.48. The van der Waals surface area contributed by atoms with E-state index in [0.717, 1.165) is 25.6 Å². The van der Waals surface area contributed by atoms with Crippen molar-refractivity contribution < 1.29 is 0 Å². The average Bonchev–Trinajstić information content (AvgIpc) is 2.35. The lowest BCUT2D eigenvalue weighted by Crippen LogP contribution is -2.36. The van der Waals surface area contributed by atoms with Crippen molar-refractivity contribution in [2.75, 3.05) is 26.7 Å². The van der Waals surface area contributed by atoms with Crippen LogP contribution in [0.1, 0.15) is 18.4 Å². The van der Waals surface area contributed by atoms with Crippen LogP contribution in [0, 0.1) is 5.92 Å². The van der Waals surface area contributed by atoms with E-state index in [2.05, 4.69) is 17.3 Å². The fourth-order valence-corrected chi connectivity index (χ4v) is 2.86. The first kappa shape index (κ1) is 17.1. The third-order valence-corrected chi connectivity index (χ3v) is 4.14. The molecule has 0 radical (unpaired) electrons. The van der Waals surface area contributed by atoms with Crippen molar-refractivity contribution in [2.45, 2.75) is 19.4 Å². The maximum absolute atomic E-state index is 6.03. The Morgan fingerprint density at radius 2 is 2.11 bits per heavy atom. The van der Waals surface area contributed by atoms with E-state index in [1.54, 1.807) is 0 Å². The molecule has 0 aromatic heterocycles. The smallest absolute Gasteiger partial charge is 0.0595 e. The predicted octanol–water partition coefficient (Wildman–Crippen LogP) is 3.85. The van der Waals surface area contributed by atoms with Crippen molar-refractivity contribution in [3.05, 3.63) is 33.8 Å². The van der Waals surface area contributed by atoms with Crippen LogP contribution in [0.5, 0.6) is 0 Å². The Morgan fingerprint density at radius 3 is 2.74 bits per heavy atom. The molecule has 1 fully saturated rings. The molecule has 0 saturated carbocycles. The first-order valence-corrected chi connectivity index (χ1v) is 7.24. The minimum absolute atomic E-state index is 0. The summed E-state index contributed by atoms with van der Waals surface area (Å²) >= 11 is 11.9. The van der Waals surface area contributed by atoms with Gasteiger partial charge in [0.05, 0.1) is 10.0 Å². The Labute approximate surface area is 131 Å². The Morgan fingerprint density at radius 1 is 1.32 bits per heavy atom. The van der Waals surface area contributed by atoms with E-state index in [1.165, 1.54) is 24.9 Å². The number of rotatable bonds is 4. The van der Waals surface area contributed by atoms with Gasteiger partial charge in [-0.15, -0.1) is 12.4 Å². The molecule has 2 rings (SSSR count). The van der Waals surface area contributed by atoms with Crippen LogP contribution in [0.4, 0.5) is 0 Å². The molecule has 1 atom stereocenters. The summed E-state index contributed by atoms with van der Waals surface area (Å²) in [7, 11) is 2.16. The van der Waals surface area contributed by atoms with Crippen LogP contribution in [0.3, 0.4) is 0 Å². The molecule has 0 aliphatic carbocycles. The van der Waals surface area contributed by atoms with Gasteiger partial charge in [-0.25, -0.2) is 0 Å². The van der Waals surface area contributed by atoms with Crippen molar-refractivity contribution in [2.24, 2.45) is 5.92 Å². The van der Waals surface area contributed by atoms with Crippen LogP contribution in [-0.4, -0.2) is 31.6 Å². The van der Waals surface area contributed by atoms with E-state index in [9.17, 15) is 0 Å². The minimum atomic E-state index is 0. The summed E-state index contributed by atoms with van der Waals surface area (Å²) < 4.78 is 0. The first-order chi connectivity index (χ1) is 8.65. The molecule has 108 valence electrons. The van der Waals surface area contributed by atoms with E-state index in [4.69, 9.17) is 23.2 Å². The number of benzene rings is 1. The molecule has 1 heterocycles. The molecule has 2 nitrogen and oxygen atoms in total. The highest BCUT2D eigenvalue weighted by atomic mass is 35.5.